The third kappa shape index (κ3) is 5.86. The van der Waals surface area contributed by atoms with Crippen LogP contribution in [0.3, 0.4) is 0 Å². The second kappa shape index (κ2) is 9.77. The van der Waals surface area contributed by atoms with Gasteiger partial charge in [0.05, 0.1) is 6.61 Å². The minimum Gasteiger partial charge on any atom is -0.383 e. The smallest absolute Gasteiger partial charge is 0.0589 e. The molecule has 0 spiro atoms. The van der Waals surface area contributed by atoms with E-state index in [-0.39, 0.29) is 0 Å². The molecule has 0 heterocycles. The lowest BCUT2D eigenvalue weighted by atomic mass is 10.2. The lowest BCUT2D eigenvalue weighted by molar-refractivity contribution is 0.124. The number of nitrogens with zero attached hydrogens (tertiary/aromatic N) is 1. The predicted molar refractivity (Wildman–Crippen MR) is 65.0 cm³/mol. The van der Waals surface area contributed by atoms with Crippen LogP contribution in [0.4, 0.5) is 0 Å². The second-order valence-corrected chi connectivity index (χ2v) is 4.28. The number of rotatable bonds is 9. The first kappa shape index (κ1) is 14.2. The van der Waals surface area contributed by atoms with E-state index in [0.29, 0.717) is 6.04 Å². The Labute approximate surface area is 92.4 Å². The van der Waals surface area contributed by atoms with Gasteiger partial charge in [0.15, 0.2) is 0 Å². The van der Waals surface area contributed by atoms with Gasteiger partial charge in [0.25, 0.3) is 0 Å². The van der Waals surface area contributed by atoms with Crippen molar-refractivity contribution in [3.8, 4) is 0 Å². The molecule has 0 radical (unpaired) electrons. The van der Waals surface area contributed by atoms with Gasteiger partial charge in [-0.05, 0) is 25.0 Å². The van der Waals surface area contributed by atoms with E-state index in [1.807, 2.05) is 11.8 Å². The molecule has 0 aliphatic carbocycles. The predicted octanol–water partition coefficient (Wildman–Crippen LogP) is 1.04. The molecule has 1 atom stereocenters. The minimum atomic E-state index is 0.516. The quantitative estimate of drug-likeness (QED) is 0.630. The molecule has 0 aliphatic rings. The van der Waals surface area contributed by atoms with Crippen LogP contribution >= 0.6 is 11.8 Å². The number of hydrogen-bond acceptors (Lipinski definition) is 4. The highest BCUT2D eigenvalue weighted by molar-refractivity contribution is 7.98. The summed E-state index contributed by atoms with van der Waals surface area (Å²) in [6.45, 7) is 5.77. The van der Waals surface area contributed by atoms with E-state index in [4.69, 9.17) is 10.5 Å². The van der Waals surface area contributed by atoms with Gasteiger partial charge in [-0.15, -0.1) is 0 Å². The Morgan fingerprint density at radius 2 is 2.21 bits per heavy atom. The van der Waals surface area contributed by atoms with E-state index in [1.54, 1.807) is 7.11 Å². The third-order valence-corrected chi connectivity index (χ3v) is 3.08. The van der Waals surface area contributed by atoms with E-state index >= 15 is 0 Å². The number of ether oxygens (including phenoxy) is 1. The molecule has 0 aromatic rings. The second-order valence-electron chi connectivity index (χ2n) is 3.29. The van der Waals surface area contributed by atoms with Gasteiger partial charge in [-0.1, -0.05) is 6.92 Å². The van der Waals surface area contributed by atoms with Gasteiger partial charge in [-0.2, -0.15) is 11.8 Å². The molecule has 0 saturated heterocycles. The van der Waals surface area contributed by atoms with Crippen LogP contribution in [-0.4, -0.2) is 56.3 Å². The monoisotopic (exact) mass is 220 g/mol. The summed E-state index contributed by atoms with van der Waals surface area (Å²) in [6, 6.07) is 0.516. The molecule has 0 rings (SSSR count). The van der Waals surface area contributed by atoms with Gasteiger partial charge in [0, 0.05) is 26.2 Å². The van der Waals surface area contributed by atoms with Gasteiger partial charge < -0.3 is 10.5 Å². The largest absolute Gasteiger partial charge is 0.383 e. The van der Waals surface area contributed by atoms with Gasteiger partial charge in [0.1, 0.15) is 0 Å². The Kier molecular flexibility index (Phi) is 9.93. The fraction of sp³-hybridized carbons (Fsp3) is 1.00. The Hall–Kier alpha value is 0.230. The zero-order valence-corrected chi connectivity index (χ0v) is 10.5. The molecule has 0 fully saturated rings. The number of thioether (sulfide) groups is 1. The highest BCUT2D eigenvalue weighted by Crippen LogP contribution is 2.06. The average molecular weight is 220 g/mol. The molecular formula is C10H24N2OS. The van der Waals surface area contributed by atoms with E-state index in [9.17, 15) is 0 Å². The molecule has 0 saturated carbocycles. The molecule has 0 bridgehead atoms. The average Bonchev–Trinajstić information content (AvgIpc) is 2.23. The van der Waals surface area contributed by atoms with Crippen LogP contribution < -0.4 is 5.73 Å². The Morgan fingerprint density at radius 3 is 2.64 bits per heavy atom. The molecule has 0 aliphatic heterocycles. The molecule has 86 valence electrons. The fourth-order valence-electron chi connectivity index (χ4n) is 1.51. The van der Waals surface area contributed by atoms with Crippen LogP contribution in [0.2, 0.25) is 0 Å². The molecule has 1 unspecified atom stereocenters. The molecule has 4 heteroatoms. The van der Waals surface area contributed by atoms with E-state index in [0.717, 1.165) is 26.2 Å². The summed E-state index contributed by atoms with van der Waals surface area (Å²) in [4.78, 5) is 2.40. The van der Waals surface area contributed by atoms with Gasteiger partial charge in [0.2, 0.25) is 0 Å². The lowest BCUT2D eigenvalue weighted by Gasteiger charge is -2.29. The van der Waals surface area contributed by atoms with Crippen LogP contribution in [0.1, 0.15) is 13.3 Å². The van der Waals surface area contributed by atoms with E-state index < -0.39 is 0 Å². The summed E-state index contributed by atoms with van der Waals surface area (Å²) in [7, 11) is 1.74. The zero-order valence-electron chi connectivity index (χ0n) is 9.66. The first-order chi connectivity index (χ1) is 6.79. The van der Waals surface area contributed by atoms with Crippen molar-refractivity contribution in [2.45, 2.75) is 19.4 Å². The van der Waals surface area contributed by atoms with Crippen molar-refractivity contribution in [2.75, 3.05) is 45.4 Å². The maximum absolute atomic E-state index is 5.77. The number of nitrogens with two attached hydrogens (primary N) is 1. The Balaban J connectivity index is 3.87. The van der Waals surface area contributed by atoms with Crippen LogP contribution in [-0.2, 0) is 4.74 Å². The molecule has 3 nitrogen and oxygen atoms in total. The van der Waals surface area contributed by atoms with Gasteiger partial charge >= 0.3 is 0 Å². The number of methoxy groups -OCH3 is 1. The van der Waals surface area contributed by atoms with Gasteiger partial charge in [-0.3, -0.25) is 4.90 Å². The van der Waals surface area contributed by atoms with Crippen molar-refractivity contribution in [2.24, 2.45) is 5.73 Å². The summed E-state index contributed by atoms with van der Waals surface area (Å²) < 4.78 is 5.09. The van der Waals surface area contributed by atoms with Crippen molar-refractivity contribution in [1.29, 1.82) is 0 Å². The summed E-state index contributed by atoms with van der Waals surface area (Å²) in [5, 5.41) is 0. The van der Waals surface area contributed by atoms with Gasteiger partial charge in [-0.25, -0.2) is 0 Å². The first-order valence-electron chi connectivity index (χ1n) is 5.22. The van der Waals surface area contributed by atoms with E-state index in [2.05, 4.69) is 18.1 Å². The van der Waals surface area contributed by atoms with Crippen molar-refractivity contribution in [1.82, 2.24) is 4.90 Å². The number of likely N-dealkylation sites (N-methyl/N-ethyl adjacent to an activating group) is 1. The maximum Gasteiger partial charge on any atom is 0.0589 e. The molecule has 0 amide bonds. The highest BCUT2D eigenvalue weighted by atomic mass is 32.2. The first-order valence-corrected chi connectivity index (χ1v) is 6.61. The lowest BCUT2D eigenvalue weighted by Crippen LogP contribution is -2.42. The maximum atomic E-state index is 5.77. The van der Waals surface area contributed by atoms with Crippen molar-refractivity contribution in [3.05, 3.63) is 0 Å². The topological polar surface area (TPSA) is 38.5 Å². The normalized spacial score (nSPS) is 13.5. The molecule has 14 heavy (non-hydrogen) atoms. The highest BCUT2D eigenvalue weighted by Gasteiger charge is 2.14. The van der Waals surface area contributed by atoms with E-state index in [1.165, 1.54) is 12.2 Å². The Bertz CT molecular complexity index is 111. The molecule has 0 aromatic carbocycles. The molecule has 2 N–H and O–H groups in total. The van der Waals surface area contributed by atoms with Crippen molar-refractivity contribution in [3.63, 3.8) is 0 Å². The third-order valence-electron chi connectivity index (χ3n) is 2.43. The minimum absolute atomic E-state index is 0.516. The van der Waals surface area contributed by atoms with Crippen LogP contribution in [0.25, 0.3) is 0 Å². The standard InChI is InChI=1S/C10H24N2OS/c1-4-12(6-7-13-2)10(9-11)5-8-14-3/h10H,4-9,11H2,1-3H3. The van der Waals surface area contributed by atoms with Crippen molar-refractivity contribution < 1.29 is 4.74 Å². The van der Waals surface area contributed by atoms with Crippen LogP contribution in [0.15, 0.2) is 0 Å². The van der Waals surface area contributed by atoms with Crippen LogP contribution in [0, 0.1) is 0 Å². The summed E-state index contributed by atoms with van der Waals surface area (Å²) in [6.07, 6.45) is 3.31. The summed E-state index contributed by atoms with van der Waals surface area (Å²) in [5.74, 6) is 1.19. The molecule has 0 aromatic heterocycles. The zero-order chi connectivity index (χ0) is 10.8. The summed E-state index contributed by atoms with van der Waals surface area (Å²) >= 11 is 1.88. The fourth-order valence-corrected chi connectivity index (χ4v) is 2.02. The Morgan fingerprint density at radius 1 is 1.50 bits per heavy atom. The number of hydrogen-bond donors (Lipinski definition) is 1. The SMILES string of the molecule is CCN(CCOC)C(CN)CCSC. The van der Waals surface area contributed by atoms with Crippen LogP contribution in [0.5, 0.6) is 0 Å². The summed E-state index contributed by atoms with van der Waals surface area (Å²) in [5.41, 5.74) is 5.77. The van der Waals surface area contributed by atoms with Crippen molar-refractivity contribution >= 4 is 11.8 Å². The molecular weight excluding hydrogens is 196 g/mol.